The molecule has 0 saturated carbocycles. The number of carbonyl (C=O) groups is 2. The number of ether oxygens (including phenoxy) is 1. The van der Waals surface area contributed by atoms with Crippen LogP contribution in [0.25, 0.3) is 0 Å². The number of amides is 1. The standard InChI is InChI=1S/C26H30N2O5S/c1-18-14-20(32-4)9-12-23(18)27-24(29)17-28(16-21-6-5-13-33-21)15-19-7-10-22(11-8-19)34-26(2,3)25(30)31/h5-14H,15-17H2,1-4H3,(H,27,29)(H,30,31). The van der Waals surface area contributed by atoms with E-state index < -0.39 is 10.7 Å². The molecule has 3 aromatic rings. The highest BCUT2D eigenvalue weighted by atomic mass is 32.2. The molecule has 2 N–H and O–H groups in total. The van der Waals surface area contributed by atoms with Crippen molar-refractivity contribution >= 4 is 29.3 Å². The van der Waals surface area contributed by atoms with Crippen molar-refractivity contribution in [2.24, 2.45) is 0 Å². The van der Waals surface area contributed by atoms with Crippen LogP contribution in [0.3, 0.4) is 0 Å². The minimum absolute atomic E-state index is 0.129. The Morgan fingerprint density at radius 3 is 2.44 bits per heavy atom. The lowest BCUT2D eigenvalue weighted by Gasteiger charge is -2.22. The first-order valence-electron chi connectivity index (χ1n) is 10.9. The minimum atomic E-state index is -0.912. The largest absolute Gasteiger partial charge is 0.497 e. The van der Waals surface area contributed by atoms with E-state index in [2.05, 4.69) is 5.32 Å². The maximum atomic E-state index is 12.8. The van der Waals surface area contributed by atoms with E-state index in [1.165, 1.54) is 11.8 Å². The summed E-state index contributed by atoms with van der Waals surface area (Å²) in [4.78, 5) is 27.1. The van der Waals surface area contributed by atoms with Gasteiger partial charge in [0.15, 0.2) is 0 Å². The SMILES string of the molecule is COc1ccc(NC(=O)CN(Cc2ccc(SC(C)(C)C(=O)O)cc2)Cc2ccco2)c(C)c1. The third-order valence-electron chi connectivity index (χ3n) is 5.25. The number of anilines is 1. The Morgan fingerprint density at radius 2 is 1.85 bits per heavy atom. The van der Waals surface area contributed by atoms with Crippen LogP contribution < -0.4 is 10.1 Å². The monoisotopic (exact) mass is 482 g/mol. The summed E-state index contributed by atoms with van der Waals surface area (Å²) in [5.74, 6) is 0.520. The molecule has 180 valence electrons. The predicted octanol–water partition coefficient (Wildman–Crippen LogP) is 5.19. The molecule has 0 spiro atoms. The molecule has 7 nitrogen and oxygen atoms in total. The average molecular weight is 483 g/mol. The quantitative estimate of drug-likeness (QED) is 0.363. The van der Waals surface area contributed by atoms with E-state index in [4.69, 9.17) is 9.15 Å². The molecule has 0 unspecified atom stereocenters. The van der Waals surface area contributed by atoms with E-state index in [9.17, 15) is 14.7 Å². The molecular formula is C26H30N2O5S. The maximum absolute atomic E-state index is 12.8. The molecular weight excluding hydrogens is 452 g/mol. The van der Waals surface area contributed by atoms with E-state index in [0.29, 0.717) is 13.1 Å². The average Bonchev–Trinajstić information content (AvgIpc) is 3.29. The van der Waals surface area contributed by atoms with Crippen molar-refractivity contribution in [3.63, 3.8) is 0 Å². The lowest BCUT2D eigenvalue weighted by Crippen LogP contribution is -2.32. The molecule has 0 aliphatic heterocycles. The number of rotatable bonds is 11. The number of furan rings is 1. The number of carboxylic acids is 1. The number of nitrogens with one attached hydrogen (secondary N) is 1. The number of hydrogen-bond acceptors (Lipinski definition) is 6. The first kappa shape index (κ1) is 25.4. The molecule has 0 bridgehead atoms. The van der Waals surface area contributed by atoms with Crippen molar-refractivity contribution in [1.82, 2.24) is 4.90 Å². The Morgan fingerprint density at radius 1 is 1.12 bits per heavy atom. The van der Waals surface area contributed by atoms with Gasteiger partial charge >= 0.3 is 5.97 Å². The van der Waals surface area contributed by atoms with Crippen molar-refractivity contribution in [2.45, 2.75) is 43.5 Å². The Hall–Kier alpha value is -3.23. The summed E-state index contributed by atoms with van der Waals surface area (Å²) < 4.78 is 9.81. The molecule has 8 heteroatoms. The third-order valence-corrected chi connectivity index (χ3v) is 6.44. The summed E-state index contributed by atoms with van der Waals surface area (Å²) in [6.07, 6.45) is 1.62. The van der Waals surface area contributed by atoms with Gasteiger partial charge in [-0.3, -0.25) is 14.5 Å². The second kappa shape index (κ2) is 11.3. The lowest BCUT2D eigenvalue weighted by atomic mass is 10.2. The van der Waals surface area contributed by atoms with Gasteiger partial charge in [-0.2, -0.15) is 0 Å². The molecule has 0 saturated heterocycles. The second-order valence-corrected chi connectivity index (χ2v) is 10.2. The number of thioether (sulfide) groups is 1. The van der Waals surface area contributed by atoms with Crippen molar-refractivity contribution in [3.8, 4) is 5.75 Å². The first-order chi connectivity index (χ1) is 16.2. The predicted molar refractivity (Wildman–Crippen MR) is 133 cm³/mol. The fourth-order valence-electron chi connectivity index (χ4n) is 3.35. The number of methoxy groups -OCH3 is 1. The third kappa shape index (κ3) is 7.13. The molecule has 0 aliphatic carbocycles. The van der Waals surface area contributed by atoms with Gasteiger partial charge in [0.05, 0.1) is 26.5 Å². The Balaban J connectivity index is 1.68. The van der Waals surface area contributed by atoms with Gasteiger partial charge in [-0.1, -0.05) is 12.1 Å². The van der Waals surface area contributed by atoms with Gasteiger partial charge in [0, 0.05) is 17.1 Å². The maximum Gasteiger partial charge on any atom is 0.319 e. The smallest absolute Gasteiger partial charge is 0.319 e. The highest BCUT2D eigenvalue weighted by molar-refractivity contribution is 8.01. The van der Waals surface area contributed by atoms with E-state index in [1.54, 1.807) is 27.2 Å². The van der Waals surface area contributed by atoms with Crippen LogP contribution >= 0.6 is 11.8 Å². The highest BCUT2D eigenvalue weighted by Crippen LogP contribution is 2.32. The molecule has 0 radical (unpaired) electrons. The molecule has 2 aromatic carbocycles. The molecule has 3 rings (SSSR count). The topological polar surface area (TPSA) is 92.0 Å². The first-order valence-corrected chi connectivity index (χ1v) is 11.7. The lowest BCUT2D eigenvalue weighted by molar-refractivity contribution is -0.138. The summed E-state index contributed by atoms with van der Waals surface area (Å²) >= 11 is 1.30. The van der Waals surface area contributed by atoms with Crippen molar-refractivity contribution in [2.75, 3.05) is 19.0 Å². The molecule has 0 fully saturated rings. The van der Waals surface area contributed by atoms with Gasteiger partial charge in [0.25, 0.3) is 0 Å². The second-order valence-electron chi connectivity index (χ2n) is 8.52. The van der Waals surface area contributed by atoms with Crippen molar-refractivity contribution in [1.29, 1.82) is 0 Å². The molecule has 0 atom stereocenters. The normalized spacial score (nSPS) is 11.4. The molecule has 0 aliphatic rings. The van der Waals surface area contributed by atoms with Crippen LogP contribution in [0.15, 0.2) is 70.2 Å². The van der Waals surface area contributed by atoms with Crippen molar-refractivity contribution < 1.29 is 23.8 Å². The summed E-state index contributed by atoms with van der Waals surface area (Å²) in [6, 6.07) is 17.0. The summed E-state index contributed by atoms with van der Waals surface area (Å²) in [6.45, 7) is 6.47. The van der Waals surface area contributed by atoms with Crippen LogP contribution in [0.1, 0.15) is 30.7 Å². The number of aliphatic carboxylic acids is 1. The molecule has 34 heavy (non-hydrogen) atoms. The zero-order valence-corrected chi connectivity index (χ0v) is 20.6. The number of nitrogens with zero attached hydrogens (tertiary/aromatic N) is 1. The minimum Gasteiger partial charge on any atom is -0.497 e. The number of carboxylic acid groups (broad SMARTS) is 1. The number of benzene rings is 2. The van der Waals surface area contributed by atoms with Crippen LogP contribution in [0.5, 0.6) is 5.75 Å². The van der Waals surface area contributed by atoms with E-state index in [1.807, 2.05) is 66.4 Å². The van der Waals surface area contributed by atoms with Crippen LogP contribution in [-0.2, 0) is 22.7 Å². The van der Waals surface area contributed by atoms with E-state index in [-0.39, 0.29) is 12.5 Å². The van der Waals surface area contributed by atoms with E-state index in [0.717, 1.165) is 33.2 Å². The van der Waals surface area contributed by atoms with E-state index >= 15 is 0 Å². The molecule has 1 amide bonds. The van der Waals surface area contributed by atoms with Crippen LogP contribution in [0.4, 0.5) is 5.69 Å². The van der Waals surface area contributed by atoms with Gasteiger partial charge in [-0.25, -0.2) is 0 Å². The van der Waals surface area contributed by atoms with Gasteiger partial charge in [0.2, 0.25) is 5.91 Å². The highest BCUT2D eigenvalue weighted by Gasteiger charge is 2.28. The summed E-state index contributed by atoms with van der Waals surface area (Å²) in [5.41, 5.74) is 2.67. The Bertz CT molecular complexity index is 1110. The van der Waals surface area contributed by atoms with Crippen LogP contribution in [0, 0.1) is 6.92 Å². The Labute approximate surface area is 204 Å². The fraction of sp³-hybridized carbons (Fsp3) is 0.308. The van der Waals surface area contributed by atoms with Gasteiger partial charge < -0.3 is 19.6 Å². The molecule has 1 aromatic heterocycles. The van der Waals surface area contributed by atoms with Gasteiger partial charge in [0.1, 0.15) is 16.3 Å². The zero-order chi connectivity index (χ0) is 24.7. The molecule has 1 heterocycles. The Kier molecular flexibility index (Phi) is 8.41. The fourth-order valence-corrected chi connectivity index (χ4v) is 4.29. The van der Waals surface area contributed by atoms with Crippen LogP contribution in [-0.4, -0.2) is 40.3 Å². The summed E-state index contributed by atoms with van der Waals surface area (Å²) in [5, 5.41) is 12.3. The number of aryl methyl sites for hydroxylation is 1. The van der Waals surface area contributed by atoms with Crippen LogP contribution in [0.2, 0.25) is 0 Å². The van der Waals surface area contributed by atoms with Gasteiger partial charge in [-0.05, 0) is 74.4 Å². The number of hydrogen-bond donors (Lipinski definition) is 2. The number of carbonyl (C=O) groups excluding carboxylic acids is 1. The summed E-state index contributed by atoms with van der Waals surface area (Å²) in [7, 11) is 1.61. The zero-order valence-electron chi connectivity index (χ0n) is 19.8. The van der Waals surface area contributed by atoms with Gasteiger partial charge in [-0.15, -0.1) is 11.8 Å². The van der Waals surface area contributed by atoms with Crippen molar-refractivity contribution in [3.05, 3.63) is 77.7 Å².